The van der Waals surface area contributed by atoms with E-state index in [1.807, 2.05) is 12.1 Å². The molecule has 86 valence electrons. The van der Waals surface area contributed by atoms with Crippen LogP contribution in [0.1, 0.15) is 12.5 Å². The number of hydrogen-bond acceptors (Lipinski definition) is 4. The summed E-state index contributed by atoms with van der Waals surface area (Å²) in [6, 6.07) is 3.79. The van der Waals surface area contributed by atoms with Crippen LogP contribution in [0.3, 0.4) is 0 Å². The van der Waals surface area contributed by atoms with E-state index in [1.165, 1.54) is 6.08 Å². The molecule has 1 aromatic rings. The highest BCUT2D eigenvalue weighted by Gasteiger charge is 1.93. The SMILES string of the molecule is CCOC(=O)/C=C/COCc1cccnc1. The van der Waals surface area contributed by atoms with E-state index in [0.29, 0.717) is 19.8 Å². The van der Waals surface area contributed by atoms with Crippen LogP contribution in [0, 0.1) is 0 Å². The lowest BCUT2D eigenvalue weighted by atomic mass is 10.3. The van der Waals surface area contributed by atoms with E-state index < -0.39 is 0 Å². The zero-order valence-electron chi connectivity index (χ0n) is 9.26. The summed E-state index contributed by atoms with van der Waals surface area (Å²) in [7, 11) is 0. The highest BCUT2D eigenvalue weighted by atomic mass is 16.5. The van der Waals surface area contributed by atoms with Crippen LogP contribution in [0.15, 0.2) is 36.7 Å². The second-order valence-corrected chi connectivity index (χ2v) is 3.03. The summed E-state index contributed by atoms with van der Waals surface area (Å²) in [5.74, 6) is -0.340. The molecule has 0 saturated heterocycles. The van der Waals surface area contributed by atoms with Gasteiger partial charge < -0.3 is 9.47 Å². The molecular weight excluding hydrogens is 206 g/mol. The Kier molecular flexibility index (Phi) is 5.88. The minimum Gasteiger partial charge on any atom is -0.463 e. The van der Waals surface area contributed by atoms with Gasteiger partial charge in [0.1, 0.15) is 0 Å². The normalized spacial score (nSPS) is 10.6. The van der Waals surface area contributed by atoms with E-state index in [4.69, 9.17) is 9.47 Å². The maximum absolute atomic E-state index is 10.9. The number of aromatic nitrogens is 1. The molecule has 0 bridgehead atoms. The lowest BCUT2D eigenvalue weighted by Crippen LogP contribution is -2.00. The van der Waals surface area contributed by atoms with Gasteiger partial charge in [0, 0.05) is 18.5 Å². The zero-order valence-corrected chi connectivity index (χ0v) is 9.26. The summed E-state index contributed by atoms with van der Waals surface area (Å²) < 4.78 is 10.0. The first-order valence-corrected chi connectivity index (χ1v) is 5.13. The zero-order chi connectivity index (χ0) is 11.6. The summed E-state index contributed by atoms with van der Waals surface area (Å²) in [5.41, 5.74) is 1.01. The molecule has 0 unspecified atom stereocenters. The van der Waals surface area contributed by atoms with E-state index in [2.05, 4.69) is 4.98 Å². The first-order chi connectivity index (χ1) is 7.83. The minimum absolute atomic E-state index is 0.340. The summed E-state index contributed by atoms with van der Waals surface area (Å²) in [6.07, 6.45) is 6.46. The molecule has 1 aromatic heterocycles. The largest absolute Gasteiger partial charge is 0.463 e. The van der Waals surface area contributed by atoms with E-state index in [9.17, 15) is 4.79 Å². The molecule has 16 heavy (non-hydrogen) atoms. The van der Waals surface area contributed by atoms with Crippen molar-refractivity contribution in [3.63, 3.8) is 0 Å². The second-order valence-electron chi connectivity index (χ2n) is 3.03. The quantitative estimate of drug-likeness (QED) is 0.417. The first-order valence-electron chi connectivity index (χ1n) is 5.13. The Balaban J connectivity index is 2.15. The van der Waals surface area contributed by atoms with Crippen molar-refractivity contribution in [3.05, 3.63) is 42.2 Å². The summed E-state index contributed by atoms with van der Waals surface area (Å²) in [4.78, 5) is 14.9. The lowest BCUT2D eigenvalue weighted by molar-refractivity contribution is -0.137. The standard InChI is InChI=1S/C12H15NO3/c1-2-16-12(14)6-4-8-15-10-11-5-3-7-13-9-11/h3-7,9H,2,8,10H2,1H3/b6-4+. The van der Waals surface area contributed by atoms with Gasteiger partial charge in [-0.2, -0.15) is 0 Å². The van der Waals surface area contributed by atoms with E-state index >= 15 is 0 Å². The van der Waals surface area contributed by atoms with Gasteiger partial charge in [-0.15, -0.1) is 0 Å². The van der Waals surface area contributed by atoms with Crippen LogP contribution in [0.25, 0.3) is 0 Å². The molecule has 0 spiro atoms. The van der Waals surface area contributed by atoms with Crippen LogP contribution in [0.5, 0.6) is 0 Å². The molecule has 4 heteroatoms. The Bertz CT molecular complexity index is 335. The number of hydrogen-bond donors (Lipinski definition) is 0. The van der Waals surface area contributed by atoms with Gasteiger partial charge in [-0.3, -0.25) is 4.98 Å². The monoisotopic (exact) mass is 221 g/mol. The fourth-order valence-corrected chi connectivity index (χ4v) is 1.06. The van der Waals surface area contributed by atoms with Crippen LogP contribution in [0.2, 0.25) is 0 Å². The van der Waals surface area contributed by atoms with Crippen molar-refractivity contribution in [3.8, 4) is 0 Å². The van der Waals surface area contributed by atoms with Crippen molar-refractivity contribution in [1.29, 1.82) is 0 Å². The van der Waals surface area contributed by atoms with Gasteiger partial charge in [0.25, 0.3) is 0 Å². The van der Waals surface area contributed by atoms with Crippen LogP contribution < -0.4 is 0 Å². The third kappa shape index (κ3) is 5.26. The number of esters is 1. The molecule has 0 radical (unpaired) electrons. The molecule has 0 N–H and O–H groups in total. The highest BCUT2D eigenvalue weighted by Crippen LogP contribution is 1.97. The molecule has 1 heterocycles. The number of carbonyl (C=O) groups is 1. The van der Waals surface area contributed by atoms with Crippen LogP contribution >= 0.6 is 0 Å². The smallest absolute Gasteiger partial charge is 0.330 e. The number of pyridine rings is 1. The summed E-state index contributed by atoms with van der Waals surface area (Å²) in [5, 5.41) is 0. The number of carbonyl (C=O) groups excluding carboxylic acids is 1. The van der Waals surface area contributed by atoms with Gasteiger partial charge in [-0.05, 0) is 18.6 Å². The average Bonchev–Trinajstić information content (AvgIpc) is 2.30. The van der Waals surface area contributed by atoms with Crippen molar-refractivity contribution >= 4 is 5.97 Å². The van der Waals surface area contributed by atoms with Gasteiger partial charge in [0.2, 0.25) is 0 Å². The van der Waals surface area contributed by atoms with Gasteiger partial charge in [0.15, 0.2) is 0 Å². The fourth-order valence-electron chi connectivity index (χ4n) is 1.06. The van der Waals surface area contributed by atoms with Crippen molar-refractivity contribution in [2.45, 2.75) is 13.5 Å². The summed E-state index contributed by atoms with van der Waals surface area (Å²) >= 11 is 0. The molecule has 0 saturated carbocycles. The fraction of sp³-hybridized carbons (Fsp3) is 0.333. The molecule has 0 aromatic carbocycles. The van der Waals surface area contributed by atoms with Gasteiger partial charge >= 0.3 is 5.97 Å². The maximum atomic E-state index is 10.9. The third-order valence-electron chi connectivity index (χ3n) is 1.75. The van der Waals surface area contributed by atoms with Crippen LogP contribution in [-0.4, -0.2) is 24.2 Å². The van der Waals surface area contributed by atoms with Crippen molar-refractivity contribution in [2.75, 3.05) is 13.2 Å². The molecule has 0 aliphatic heterocycles. The van der Waals surface area contributed by atoms with E-state index in [1.54, 1.807) is 25.4 Å². The Morgan fingerprint density at radius 2 is 2.44 bits per heavy atom. The Labute approximate surface area is 94.9 Å². The molecule has 4 nitrogen and oxygen atoms in total. The molecular formula is C12H15NO3. The van der Waals surface area contributed by atoms with Gasteiger partial charge in [0.05, 0.1) is 19.8 Å². The highest BCUT2D eigenvalue weighted by molar-refractivity contribution is 5.81. The molecule has 0 fully saturated rings. The van der Waals surface area contributed by atoms with E-state index in [-0.39, 0.29) is 5.97 Å². The number of ether oxygens (including phenoxy) is 2. The minimum atomic E-state index is -0.340. The Hall–Kier alpha value is -1.68. The lowest BCUT2D eigenvalue weighted by Gasteiger charge is -2.00. The molecule has 1 rings (SSSR count). The van der Waals surface area contributed by atoms with Crippen molar-refractivity contribution in [1.82, 2.24) is 4.98 Å². The average molecular weight is 221 g/mol. The van der Waals surface area contributed by atoms with Crippen LogP contribution in [-0.2, 0) is 20.9 Å². The van der Waals surface area contributed by atoms with Crippen molar-refractivity contribution in [2.24, 2.45) is 0 Å². The first kappa shape index (κ1) is 12.4. The second kappa shape index (κ2) is 7.59. The molecule has 0 aliphatic rings. The maximum Gasteiger partial charge on any atom is 0.330 e. The van der Waals surface area contributed by atoms with Gasteiger partial charge in [-0.1, -0.05) is 12.1 Å². The Morgan fingerprint density at radius 1 is 1.56 bits per heavy atom. The van der Waals surface area contributed by atoms with Crippen LogP contribution in [0.4, 0.5) is 0 Å². The predicted octanol–water partition coefficient (Wildman–Crippen LogP) is 1.72. The summed E-state index contributed by atoms with van der Waals surface area (Å²) in [6.45, 7) is 3.03. The van der Waals surface area contributed by atoms with Gasteiger partial charge in [-0.25, -0.2) is 4.79 Å². The predicted molar refractivity (Wildman–Crippen MR) is 59.7 cm³/mol. The Morgan fingerprint density at radius 3 is 3.12 bits per heavy atom. The number of nitrogens with zero attached hydrogens (tertiary/aromatic N) is 1. The molecule has 0 atom stereocenters. The topological polar surface area (TPSA) is 48.4 Å². The van der Waals surface area contributed by atoms with Crippen molar-refractivity contribution < 1.29 is 14.3 Å². The molecule has 0 amide bonds. The van der Waals surface area contributed by atoms with E-state index in [0.717, 1.165) is 5.56 Å². The number of rotatable bonds is 6. The molecule has 0 aliphatic carbocycles. The third-order valence-corrected chi connectivity index (χ3v) is 1.75.